The van der Waals surface area contributed by atoms with Crippen LogP contribution in [0.25, 0.3) is 11.1 Å². The van der Waals surface area contributed by atoms with E-state index >= 15 is 0 Å². The molecule has 0 N–H and O–H groups in total. The molecule has 2 heteroatoms. The molecular formula is C20H18O2. The third-order valence-corrected chi connectivity index (χ3v) is 3.54. The van der Waals surface area contributed by atoms with Crippen molar-refractivity contribution in [2.45, 2.75) is 12.8 Å². The Morgan fingerprint density at radius 3 is 2.18 bits per heavy atom. The molecule has 2 aromatic carbocycles. The van der Waals surface area contributed by atoms with E-state index < -0.39 is 0 Å². The fraction of sp³-hybridized carbons (Fsp3) is 0.100. The Kier molecular flexibility index (Phi) is 5.21. The molecule has 0 heterocycles. The van der Waals surface area contributed by atoms with E-state index in [2.05, 4.69) is 13.2 Å². The van der Waals surface area contributed by atoms with Gasteiger partial charge in [-0.3, -0.25) is 9.59 Å². The Hall–Kier alpha value is -2.74. The van der Waals surface area contributed by atoms with Gasteiger partial charge in [0.05, 0.1) is 0 Å². The van der Waals surface area contributed by atoms with E-state index in [0.29, 0.717) is 17.5 Å². The number of allylic oxidation sites excluding steroid dienone is 2. The van der Waals surface area contributed by atoms with Gasteiger partial charge in [0.15, 0.2) is 6.29 Å². The summed E-state index contributed by atoms with van der Waals surface area (Å²) in [6.07, 6.45) is 6.66. The summed E-state index contributed by atoms with van der Waals surface area (Å²) < 4.78 is 0. The quantitative estimate of drug-likeness (QED) is 0.558. The van der Waals surface area contributed by atoms with Gasteiger partial charge < -0.3 is 0 Å². The van der Waals surface area contributed by atoms with Gasteiger partial charge in [-0.2, -0.15) is 0 Å². The highest BCUT2D eigenvalue weighted by Gasteiger charge is 2.10. The molecular weight excluding hydrogens is 272 g/mol. The molecule has 0 bridgehead atoms. The maximum absolute atomic E-state index is 11.4. The Balaban J connectivity index is 2.59. The molecule has 0 unspecified atom stereocenters. The third kappa shape index (κ3) is 3.29. The van der Waals surface area contributed by atoms with Crippen LogP contribution in [-0.4, -0.2) is 12.6 Å². The molecule has 0 saturated heterocycles. The van der Waals surface area contributed by atoms with Crippen molar-refractivity contribution in [1.82, 2.24) is 0 Å². The number of carbonyl (C=O) groups is 2. The Labute approximate surface area is 130 Å². The van der Waals surface area contributed by atoms with Gasteiger partial charge in [-0.25, -0.2) is 0 Å². The summed E-state index contributed by atoms with van der Waals surface area (Å²) in [5.41, 5.74) is 5.13. The molecule has 110 valence electrons. The monoisotopic (exact) mass is 290 g/mol. The van der Waals surface area contributed by atoms with Crippen LogP contribution in [0.2, 0.25) is 0 Å². The second-order valence-electron chi connectivity index (χ2n) is 5.06. The average Bonchev–Trinajstić information content (AvgIpc) is 2.55. The van der Waals surface area contributed by atoms with E-state index in [1.165, 1.54) is 0 Å². The first kappa shape index (κ1) is 15.6. The van der Waals surface area contributed by atoms with Crippen LogP contribution in [-0.2, 0) is 12.8 Å². The minimum atomic E-state index is 0.622. The van der Waals surface area contributed by atoms with E-state index in [1.54, 1.807) is 12.1 Å². The van der Waals surface area contributed by atoms with Crippen molar-refractivity contribution in [1.29, 1.82) is 0 Å². The summed E-state index contributed by atoms with van der Waals surface area (Å²) in [5.74, 6) is 0. The van der Waals surface area contributed by atoms with Gasteiger partial charge in [0.25, 0.3) is 0 Å². The molecule has 2 aromatic rings. The van der Waals surface area contributed by atoms with Gasteiger partial charge >= 0.3 is 0 Å². The van der Waals surface area contributed by atoms with Crippen molar-refractivity contribution < 1.29 is 9.59 Å². The van der Waals surface area contributed by atoms with Crippen molar-refractivity contribution in [3.05, 3.63) is 84.0 Å². The zero-order valence-electron chi connectivity index (χ0n) is 12.4. The molecule has 22 heavy (non-hydrogen) atoms. The van der Waals surface area contributed by atoms with Gasteiger partial charge in [-0.15, -0.1) is 13.2 Å². The predicted octanol–water partition coefficient (Wildman–Crippen LogP) is 4.44. The van der Waals surface area contributed by atoms with E-state index in [1.807, 2.05) is 36.4 Å². The predicted molar refractivity (Wildman–Crippen MR) is 90.5 cm³/mol. The number of hydrogen-bond donors (Lipinski definition) is 0. The fourth-order valence-electron chi connectivity index (χ4n) is 2.52. The standard InChI is InChI=1S/C20H18O2/c1-3-5-15-7-9-20(18(11-15)14-22)19-10-8-16(13-21)12-17(19)6-4-2/h3-4,7-14H,1-2,5-6H2. The number of benzene rings is 2. The van der Waals surface area contributed by atoms with Crippen molar-refractivity contribution >= 4 is 12.6 Å². The van der Waals surface area contributed by atoms with E-state index in [0.717, 1.165) is 41.2 Å². The lowest BCUT2D eigenvalue weighted by molar-refractivity contribution is 0.111. The SMILES string of the molecule is C=CCc1ccc(-c2ccc(C=O)cc2CC=C)c(C=O)c1. The summed E-state index contributed by atoms with van der Waals surface area (Å²) in [4.78, 5) is 22.4. The van der Waals surface area contributed by atoms with Crippen LogP contribution in [0.15, 0.2) is 61.7 Å². The molecule has 0 aliphatic rings. The molecule has 0 atom stereocenters. The highest BCUT2D eigenvalue weighted by atomic mass is 16.1. The summed E-state index contributed by atoms with van der Waals surface area (Å²) >= 11 is 0. The van der Waals surface area contributed by atoms with Crippen LogP contribution in [0.5, 0.6) is 0 Å². The Morgan fingerprint density at radius 2 is 1.55 bits per heavy atom. The maximum atomic E-state index is 11.4. The number of carbonyl (C=O) groups excluding carboxylic acids is 2. The topological polar surface area (TPSA) is 34.1 Å². The van der Waals surface area contributed by atoms with Crippen molar-refractivity contribution in [3.8, 4) is 11.1 Å². The van der Waals surface area contributed by atoms with E-state index in [4.69, 9.17) is 0 Å². The largest absolute Gasteiger partial charge is 0.298 e. The van der Waals surface area contributed by atoms with E-state index in [-0.39, 0.29) is 0 Å². The molecule has 2 rings (SSSR count). The zero-order valence-corrected chi connectivity index (χ0v) is 12.4. The van der Waals surface area contributed by atoms with Crippen LogP contribution < -0.4 is 0 Å². The van der Waals surface area contributed by atoms with Crippen LogP contribution >= 0.6 is 0 Å². The average molecular weight is 290 g/mol. The summed E-state index contributed by atoms with van der Waals surface area (Å²) in [6.45, 7) is 7.48. The number of rotatable bonds is 7. The summed E-state index contributed by atoms with van der Waals surface area (Å²) in [6, 6.07) is 11.3. The summed E-state index contributed by atoms with van der Waals surface area (Å²) in [5, 5.41) is 0. The lowest BCUT2D eigenvalue weighted by Crippen LogP contribution is -1.96. The number of aldehydes is 2. The highest BCUT2D eigenvalue weighted by molar-refractivity contribution is 5.89. The minimum absolute atomic E-state index is 0.622. The molecule has 0 radical (unpaired) electrons. The van der Waals surface area contributed by atoms with Gasteiger partial charge in [-0.1, -0.05) is 36.4 Å². The zero-order chi connectivity index (χ0) is 15.9. The normalized spacial score (nSPS) is 10.0. The first-order valence-corrected chi connectivity index (χ1v) is 7.11. The Morgan fingerprint density at radius 1 is 0.818 bits per heavy atom. The van der Waals surface area contributed by atoms with Crippen LogP contribution in [0.3, 0.4) is 0 Å². The van der Waals surface area contributed by atoms with Crippen LogP contribution in [0.4, 0.5) is 0 Å². The molecule has 2 nitrogen and oxygen atoms in total. The number of hydrogen-bond acceptors (Lipinski definition) is 2. The second-order valence-corrected chi connectivity index (χ2v) is 5.06. The van der Waals surface area contributed by atoms with Crippen LogP contribution in [0.1, 0.15) is 31.8 Å². The molecule has 0 spiro atoms. The summed E-state index contributed by atoms with van der Waals surface area (Å²) in [7, 11) is 0. The fourth-order valence-corrected chi connectivity index (χ4v) is 2.52. The Bertz CT molecular complexity index is 726. The first-order valence-electron chi connectivity index (χ1n) is 7.11. The van der Waals surface area contributed by atoms with Crippen LogP contribution in [0, 0.1) is 0 Å². The molecule has 0 fully saturated rings. The third-order valence-electron chi connectivity index (χ3n) is 3.54. The van der Waals surface area contributed by atoms with Crippen molar-refractivity contribution in [3.63, 3.8) is 0 Å². The molecule has 0 aliphatic carbocycles. The molecule has 0 aromatic heterocycles. The molecule has 0 saturated carbocycles. The first-order chi connectivity index (χ1) is 10.7. The lowest BCUT2D eigenvalue weighted by atomic mass is 9.91. The molecule has 0 aliphatic heterocycles. The van der Waals surface area contributed by atoms with Gasteiger partial charge in [0.1, 0.15) is 6.29 Å². The smallest absolute Gasteiger partial charge is 0.150 e. The maximum Gasteiger partial charge on any atom is 0.150 e. The van der Waals surface area contributed by atoms with E-state index in [9.17, 15) is 9.59 Å². The van der Waals surface area contributed by atoms with Gasteiger partial charge in [-0.05, 0) is 47.2 Å². The van der Waals surface area contributed by atoms with Crippen molar-refractivity contribution in [2.75, 3.05) is 0 Å². The highest BCUT2D eigenvalue weighted by Crippen LogP contribution is 2.29. The molecule has 0 amide bonds. The van der Waals surface area contributed by atoms with Crippen molar-refractivity contribution in [2.24, 2.45) is 0 Å². The minimum Gasteiger partial charge on any atom is -0.298 e. The van der Waals surface area contributed by atoms with Gasteiger partial charge in [0.2, 0.25) is 0 Å². The lowest BCUT2D eigenvalue weighted by Gasteiger charge is -2.12. The second kappa shape index (κ2) is 7.32. The van der Waals surface area contributed by atoms with Gasteiger partial charge in [0, 0.05) is 11.1 Å².